The number of fused-ring (bicyclic) bond motifs is 1. The number of nitrogens with one attached hydrogen (secondary N) is 2. The van der Waals surface area contributed by atoms with Gasteiger partial charge in [0.05, 0.1) is 5.88 Å². The molecule has 2 amide bonds. The van der Waals surface area contributed by atoms with E-state index in [0.717, 1.165) is 22.2 Å². The Morgan fingerprint density at radius 1 is 1.24 bits per heavy atom. The van der Waals surface area contributed by atoms with E-state index >= 15 is 0 Å². The minimum Gasteiger partial charge on any atom is -0.345 e. The van der Waals surface area contributed by atoms with Crippen LogP contribution in [0.2, 0.25) is 0 Å². The monoisotopic (exact) mass is 356 g/mol. The van der Waals surface area contributed by atoms with Crippen LogP contribution in [0.1, 0.15) is 20.3 Å². The van der Waals surface area contributed by atoms with Crippen molar-refractivity contribution >= 4 is 44.7 Å². The Morgan fingerprint density at radius 2 is 2.00 bits per heavy atom. The number of hydrogen-bond acceptors (Lipinski definition) is 3. The molecule has 0 saturated carbocycles. The fourth-order valence-electron chi connectivity index (χ4n) is 2.60. The highest BCUT2D eigenvalue weighted by Gasteiger charge is 2.32. The third kappa shape index (κ3) is 4.11. The average Bonchev–Trinajstić information content (AvgIpc) is 2.93. The van der Waals surface area contributed by atoms with Gasteiger partial charge in [0.25, 0.3) is 0 Å². The summed E-state index contributed by atoms with van der Waals surface area (Å²) in [6.07, 6.45) is 0.0972. The number of rotatable bonds is 4. The van der Waals surface area contributed by atoms with Gasteiger partial charge in [0.2, 0.25) is 11.8 Å². The highest BCUT2D eigenvalue weighted by molar-refractivity contribution is 7.89. The Balaban J connectivity index is 1.76. The second kappa shape index (κ2) is 7.57. The zero-order valence-corrected chi connectivity index (χ0v) is 15.0. The Kier molecular flexibility index (Phi) is 5.23. The third-order valence-corrected chi connectivity index (χ3v) is 5.56. The van der Waals surface area contributed by atoms with Crippen LogP contribution in [0.4, 0.5) is 5.69 Å². The second-order valence-electron chi connectivity index (χ2n) is 5.98. The van der Waals surface area contributed by atoms with Crippen molar-refractivity contribution in [2.75, 3.05) is 11.2 Å². The van der Waals surface area contributed by atoms with Crippen molar-refractivity contribution in [2.45, 2.75) is 25.5 Å². The molecule has 7 heteroatoms. The number of carbonyl (C=O) groups is 2. The van der Waals surface area contributed by atoms with E-state index in [-0.39, 0.29) is 18.2 Å². The molecule has 1 fully saturated rings. The quantitative estimate of drug-likeness (QED) is 0.652. The predicted octanol–water partition coefficient (Wildman–Crippen LogP) is 2.82. The molecule has 0 aromatic heterocycles. The largest absolute Gasteiger partial charge is 0.345 e. The van der Waals surface area contributed by atoms with Gasteiger partial charge in [-0.15, -0.1) is 4.47 Å². The van der Waals surface area contributed by atoms with Crippen LogP contribution < -0.4 is 10.6 Å². The summed E-state index contributed by atoms with van der Waals surface area (Å²) in [4.78, 5) is 24.5. The molecule has 2 atom stereocenters. The lowest BCUT2D eigenvalue weighted by atomic mass is 10.1. The first-order valence-corrected chi connectivity index (χ1v) is 9.43. The summed E-state index contributed by atoms with van der Waals surface area (Å²) >= 11 is 0. The number of carbonyl (C=O) groups excluding carboxylic acids is 2. The normalized spacial score (nSPS) is 19.7. The molecule has 0 bridgehead atoms. The lowest BCUT2D eigenvalue weighted by Gasteiger charge is -2.11. The van der Waals surface area contributed by atoms with Gasteiger partial charge in [0, 0.05) is 23.2 Å². The fraction of sp³-hybridized carbons (Fsp3) is 0.278. The lowest BCUT2D eigenvalue weighted by Crippen LogP contribution is -2.28. The Morgan fingerprint density at radius 3 is 2.80 bits per heavy atom. The summed E-state index contributed by atoms with van der Waals surface area (Å²) in [6.45, 7) is 3.70. The maximum Gasteiger partial charge on any atom is 0.235 e. The minimum absolute atomic E-state index is 0.0972. The van der Waals surface area contributed by atoms with Gasteiger partial charge in [0.15, 0.2) is 0 Å². The summed E-state index contributed by atoms with van der Waals surface area (Å²) in [5.41, 5.74) is 1.58. The number of hydrogen-bond donors (Lipinski definition) is 2. The molecule has 2 unspecified atom stereocenters. The van der Waals surface area contributed by atoms with Crippen molar-refractivity contribution in [1.29, 1.82) is 0 Å². The first-order chi connectivity index (χ1) is 12.0. The van der Waals surface area contributed by atoms with Gasteiger partial charge in [-0.1, -0.05) is 36.4 Å². The molecule has 3 rings (SSSR count). The van der Waals surface area contributed by atoms with E-state index in [0.29, 0.717) is 5.88 Å². The van der Waals surface area contributed by atoms with Crippen LogP contribution in [0.15, 0.2) is 52.0 Å². The van der Waals surface area contributed by atoms with Gasteiger partial charge in [0.1, 0.15) is 5.25 Å². The van der Waals surface area contributed by atoms with E-state index in [1.807, 2.05) is 56.3 Å². The molecule has 6 nitrogen and oxygen atoms in total. The van der Waals surface area contributed by atoms with Gasteiger partial charge in [-0.2, -0.15) is 5.10 Å². The first-order valence-electron chi connectivity index (χ1n) is 8.01. The maximum absolute atomic E-state index is 12.5. The molecule has 1 heterocycles. The highest BCUT2D eigenvalue weighted by atomic mass is 32.2. The zero-order valence-electron chi connectivity index (χ0n) is 14.2. The van der Waals surface area contributed by atoms with Crippen molar-refractivity contribution in [3.05, 3.63) is 42.5 Å². The van der Waals surface area contributed by atoms with Crippen LogP contribution in [-0.2, 0) is 20.3 Å². The fourth-order valence-corrected chi connectivity index (χ4v) is 4.20. The Bertz CT molecular complexity index is 882. The summed E-state index contributed by atoms with van der Waals surface area (Å²) in [5.74, 6) is 0.120. The molecular formula is C18H20N4O2S. The second-order valence-corrected chi connectivity index (χ2v) is 7.81. The highest BCUT2D eigenvalue weighted by Crippen LogP contribution is 2.23. The predicted molar refractivity (Wildman–Crippen MR) is 103 cm³/mol. The molecule has 1 aliphatic heterocycles. The van der Waals surface area contributed by atoms with Gasteiger partial charge in [-0.3, -0.25) is 9.59 Å². The standard InChI is InChI=1S/C18H20N4O2S/c1-12(2)21-22-25-11-19-18(24)16(25)10-17(23)20-15-9-5-7-13-6-3-4-8-14(13)15/h3-9,16H,10-11H2,1-2H3,(H,19,24)(H,20,23). The number of benzene rings is 2. The van der Waals surface area contributed by atoms with Crippen molar-refractivity contribution in [3.63, 3.8) is 0 Å². The Hall–Kier alpha value is -2.54. The molecule has 25 heavy (non-hydrogen) atoms. The molecule has 2 N–H and O–H groups in total. The topological polar surface area (TPSA) is 82.9 Å². The molecular weight excluding hydrogens is 336 g/mol. The van der Waals surface area contributed by atoms with E-state index in [1.165, 1.54) is 0 Å². The van der Waals surface area contributed by atoms with Crippen molar-refractivity contribution in [1.82, 2.24) is 5.32 Å². The van der Waals surface area contributed by atoms with Crippen LogP contribution in [-0.4, -0.2) is 28.7 Å². The third-order valence-electron chi connectivity index (χ3n) is 3.80. The van der Waals surface area contributed by atoms with Gasteiger partial charge >= 0.3 is 0 Å². The van der Waals surface area contributed by atoms with E-state index in [1.54, 1.807) is 0 Å². The van der Waals surface area contributed by atoms with Crippen LogP contribution in [0.25, 0.3) is 10.8 Å². The van der Waals surface area contributed by atoms with Gasteiger partial charge < -0.3 is 10.6 Å². The molecule has 130 valence electrons. The van der Waals surface area contributed by atoms with Crippen molar-refractivity contribution < 1.29 is 9.59 Å². The first kappa shape index (κ1) is 17.3. The van der Waals surface area contributed by atoms with E-state index < -0.39 is 15.9 Å². The SMILES string of the molecule is CC(C)=N/N=S1\CNC(=O)C1CC(=O)Nc1cccc2ccccc12. The zero-order chi connectivity index (χ0) is 17.8. The van der Waals surface area contributed by atoms with Crippen molar-refractivity contribution in [2.24, 2.45) is 9.57 Å². The summed E-state index contributed by atoms with van der Waals surface area (Å²) in [5, 5.41) is 11.3. The van der Waals surface area contributed by atoms with Crippen molar-refractivity contribution in [3.8, 4) is 0 Å². The van der Waals surface area contributed by atoms with Crippen LogP contribution in [0.5, 0.6) is 0 Å². The molecule has 1 saturated heterocycles. The van der Waals surface area contributed by atoms with Crippen LogP contribution >= 0.6 is 0 Å². The molecule has 1 aliphatic rings. The minimum atomic E-state index is -0.605. The molecule has 2 aromatic carbocycles. The molecule has 0 spiro atoms. The lowest BCUT2D eigenvalue weighted by molar-refractivity contribution is -0.123. The number of anilines is 1. The van der Waals surface area contributed by atoms with Gasteiger partial charge in [-0.05, 0) is 36.0 Å². The van der Waals surface area contributed by atoms with Gasteiger partial charge in [-0.25, -0.2) is 0 Å². The maximum atomic E-state index is 12.5. The van der Waals surface area contributed by atoms with E-state index in [9.17, 15) is 9.59 Å². The van der Waals surface area contributed by atoms with Crippen LogP contribution in [0.3, 0.4) is 0 Å². The average molecular weight is 356 g/mol. The molecule has 0 radical (unpaired) electrons. The number of nitrogens with zero attached hydrogens (tertiary/aromatic N) is 2. The van der Waals surface area contributed by atoms with E-state index in [4.69, 9.17) is 0 Å². The smallest absolute Gasteiger partial charge is 0.235 e. The molecule has 2 aromatic rings. The van der Waals surface area contributed by atoms with E-state index in [2.05, 4.69) is 20.2 Å². The summed E-state index contributed by atoms with van der Waals surface area (Å²) in [6, 6.07) is 13.6. The van der Waals surface area contributed by atoms with Crippen LogP contribution in [0, 0.1) is 0 Å². The molecule has 0 aliphatic carbocycles. The Labute approximate surface area is 148 Å². The summed E-state index contributed by atoms with van der Waals surface area (Å²) in [7, 11) is -0.605. The number of amides is 2. The summed E-state index contributed by atoms with van der Waals surface area (Å²) < 4.78 is 4.22.